The third kappa shape index (κ3) is 6.20. The van der Waals surface area contributed by atoms with E-state index in [1.165, 1.54) is 5.56 Å². The molecule has 2 rings (SSSR count). The molecule has 1 amide bonds. The van der Waals surface area contributed by atoms with Crippen molar-refractivity contribution in [3.05, 3.63) is 63.2 Å². The fraction of sp³-hybridized carbons (Fsp3) is 0.381. The van der Waals surface area contributed by atoms with Crippen LogP contribution >= 0.6 is 22.6 Å². The van der Waals surface area contributed by atoms with Crippen LogP contribution in [0.4, 0.5) is 5.69 Å². The summed E-state index contributed by atoms with van der Waals surface area (Å²) in [6, 6.07) is 14.9. The van der Waals surface area contributed by atoms with Crippen molar-refractivity contribution in [3.63, 3.8) is 0 Å². The Kier molecular flexibility index (Phi) is 7.14. The van der Waals surface area contributed by atoms with Gasteiger partial charge in [-0.2, -0.15) is 0 Å². The minimum absolute atomic E-state index is 0.0640. The lowest BCUT2D eigenvalue weighted by molar-refractivity contribution is -0.120. The van der Waals surface area contributed by atoms with Crippen molar-refractivity contribution in [2.24, 2.45) is 0 Å². The number of carbonyl (C=O) groups is 1. The molecule has 0 unspecified atom stereocenters. The molecule has 28 heavy (non-hydrogen) atoms. The van der Waals surface area contributed by atoms with E-state index in [9.17, 15) is 13.2 Å². The van der Waals surface area contributed by atoms with E-state index in [0.717, 1.165) is 19.7 Å². The Hall–Kier alpha value is -1.61. The summed E-state index contributed by atoms with van der Waals surface area (Å²) in [5.41, 5.74) is 2.73. The maximum atomic E-state index is 12.5. The van der Waals surface area contributed by atoms with Crippen molar-refractivity contribution in [2.45, 2.75) is 39.2 Å². The highest BCUT2D eigenvalue weighted by molar-refractivity contribution is 14.1. The summed E-state index contributed by atoms with van der Waals surface area (Å²) in [5, 5.41) is 2.89. The molecule has 5 nitrogen and oxygen atoms in total. The Bertz CT molecular complexity index is 918. The lowest BCUT2D eigenvalue weighted by atomic mass is 9.86. The third-order valence-electron chi connectivity index (χ3n) is 4.46. The minimum atomic E-state index is -3.58. The third-order valence-corrected chi connectivity index (χ3v) is 6.32. The molecular formula is C21H27IN2O3S. The van der Waals surface area contributed by atoms with Gasteiger partial charge in [0.05, 0.1) is 18.0 Å². The summed E-state index contributed by atoms with van der Waals surface area (Å²) < 4.78 is 26.5. The Morgan fingerprint density at radius 3 is 2.07 bits per heavy atom. The summed E-state index contributed by atoms with van der Waals surface area (Å²) in [5.74, 6) is -0.351. The molecule has 0 saturated heterocycles. The normalized spacial score (nSPS) is 13.1. The number of rotatable bonds is 6. The number of nitrogens with one attached hydrogen (secondary N) is 1. The molecule has 1 atom stereocenters. The largest absolute Gasteiger partial charge is 0.348 e. The van der Waals surface area contributed by atoms with Gasteiger partial charge >= 0.3 is 0 Å². The van der Waals surface area contributed by atoms with Crippen molar-refractivity contribution in [1.82, 2.24) is 5.32 Å². The van der Waals surface area contributed by atoms with Gasteiger partial charge in [-0.25, -0.2) is 8.42 Å². The molecule has 0 spiro atoms. The van der Waals surface area contributed by atoms with E-state index in [1.54, 1.807) is 12.1 Å². The van der Waals surface area contributed by atoms with Crippen LogP contribution in [0.3, 0.4) is 0 Å². The Morgan fingerprint density at radius 1 is 1.07 bits per heavy atom. The fourth-order valence-electron chi connectivity index (χ4n) is 2.78. The molecule has 2 aromatic carbocycles. The average Bonchev–Trinajstić information content (AvgIpc) is 2.59. The fourth-order valence-corrected chi connectivity index (χ4v) is 4.00. The van der Waals surface area contributed by atoms with Crippen LogP contribution in [0.15, 0.2) is 48.5 Å². The molecule has 0 aliphatic rings. The van der Waals surface area contributed by atoms with Crippen LogP contribution in [0.2, 0.25) is 0 Å². The summed E-state index contributed by atoms with van der Waals surface area (Å²) >= 11 is 2.15. The molecule has 2 aromatic rings. The summed E-state index contributed by atoms with van der Waals surface area (Å²) in [6.45, 7) is 8.08. The summed E-state index contributed by atoms with van der Waals surface area (Å²) in [6.07, 6.45) is 1.10. The van der Waals surface area contributed by atoms with Gasteiger partial charge in [-0.1, -0.05) is 45.0 Å². The van der Waals surface area contributed by atoms with Crippen LogP contribution in [-0.4, -0.2) is 27.1 Å². The van der Waals surface area contributed by atoms with Crippen molar-refractivity contribution < 1.29 is 13.2 Å². The second kappa shape index (κ2) is 8.82. The molecule has 0 heterocycles. The lowest BCUT2D eigenvalue weighted by Gasteiger charge is -2.24. The Balaban J connectivity index is 2.11. The first kappa shape index (κ1) is 22.7. The molecule has 7 heteroatoms. The Labute approximate surface area is 181 Å². The van der Waals surface area contributed by atoms with Gasteiger partial charge in [0.25, 0.3) is 0 Å². The van der Waals surface area contributed by atoms with E-state index in [-0.39, 0.29) is 23.9 Å². The van der Waals surface area contributed by atoms with Gasteiger partial charge in [-0.15, -0.1) is 0 Å². The monoisotopic (exact) mass is 514 g/mol. The van der Waals surface area contributed by atoms with Crippen LogP contribution in [0.5, 0.6) is 0 Å². The second-order valence-corrected chi connectivity index (χ2v) is 11.1. The lowest BCUT2D eigenvalue weighted by Crippen LogP contribution is -2.41. The van der Waals surface area contributed by atoms with E-state index < -0.39 is 10.0 Å². The average molecular weight is 514 g/mol. The molecule has 152 valence electrons. The summed E-state index contributed by atoms with van der Waals surface area (Å²) in [4.78, 5) is 12.5. The molecular weight excluding hydrogens is 487 g/mol. The van der Waals surface area contributed by atoms with Crippen LogP contribution < -0.4 is 9.62 Å². The van der Waals surface area contributed by atoms with Gasteiger partial charge in [0.15, 0.2) is 0 Å². The van der Waals surface area contributed by atoms with E-state index in [0.29, 0.717) is 5.69 Å². The highest BCUT2D eigenvalue weighted by Crippen LogP contribution is 2.24. The van der Waals surface area contributed by atoms with Crippen LogP contribution in [0.25, 0.3) is 0 Å². The van der Waals surface area contributed by atoms with E-state index in [4.69, 9.17) is 0 Å². The molecule has 0 aromatic heterocycles. The van der Waals surface area contributed by atoms with Crippen molar-refractivity contribution >= 4 is 44.2 Å². The van der Waals surface area contributed by atoms with Crippen molar-refractivity contribution in [2.75, 3.05) is 17.1 Å². The zero-order valence-corrected chi connectivity index (χ0v) is 19.8. The zero-order valence-electron chi connectivity index (χ0n) is 16.9. The van der Waals surface area contributed by atoms with Gasteiger partial charge in [-0.3, -0.25) is 9.10 Å². The number of nitrogens with zero attached hydrogens (tertiary/aromatic N) is 1. The van der Waals surface area contributed by atoms with Crippen LogP contribution in [0.1, 0.15) is 44.9 Å². The molecule has 0 radical (unpaired) electrons. The van der Waals surface area contributed by atoms with Gasteiger partial charge < -0.3 is 5.32 Å². The maximum Gasteiger partial charge on any atom is 0.241 e. The first-order valence-electron chi connectivity index (χ1n) is 9.01. The van der Waals surface area contributed by atoms with E-state index in [1.807, 2.05) is 31.2 Å². The van der Waals surface area contributed by atoms with E-state index >= 15 is 0 Å². The number of halogens is 1. The van der Waals surface area contributed by atoms with Crippen LogP contribution in [-0.2, 0) is 20.2 Å². The predicted octanol–water partition coefficient (Wildman–Crippen LogP) is 4.23. The number of anilines is 1. The minimum Gasteiger partial charge on any atom is -0.348 e. The summed E-state index contributed by atoms with van der Waals surface area (Å²) in [7, 11) is -3.58. The molecule has 0 aliphatic heterocycles. The first-order valence-corrected chi connectivity index (χ1v) is 11.9. The molecule has 1 N–H and O–H groups in total. The van der Waals surface area contributed by atoms with Gasteiger partial charge in [0, 0.05) is 3.57 Å². The van der Waals surface area contributed by atoms with Crippen LogP contribution in [0, 0.1) is 3.57 Å². The number of sulfonamides is 1. The second-order valence-electron chi connectivity index (χ2n) is 7.91. The highest BCUT2D eigenvalue weighted by Gasteiger charge is 2.22. The quantitative estimate of drug-likeness (QED) is 0.587. The smallest absolute Gasteiger partial charge is 0.241 e. The highest BCUT2D eigenvalue weighted by atomic mass is 127. The van der Waals surface area contributed by atoms with E-state index in [2.05, 4.69) is 60.8 Å². The number of amides is 1. The molecule has 0 bridgehead atoms. The van der Waals surface area contributed by atoms with Gasteiger partial charge in [-0.05, 0) is 70.3 Å². The SMILES string of the molecule is C[C@H](NC(=O)CN(c1ccc(I)cc1)S(C)(=O)=O)c1ccc(C(C)(C)C)cc1. The van der Waals surface area contributed by atoms with Gasteiger partial charge in [0.1, 0.15) is 6.54 Å². The van der Waals surface area contributed by atoms with Gasteiger partial charge in [0.2, 0.25) is 15.9 Å². The first-order chi connectivity index (χ1) is 12.9. The van der Waals surface area contributed by atoms with Crippen molar-refractivity contribution in [3.8, 4) is 0 Å². The maximum absolute atomic E-state index is 12.5. The topological polar surface area (TPSA) is 66.5 Å². The molecule has 0 fully saturated rings. The number of hydrogen-bond donors (Lipinski definition) is 1. The number of carbonyl (C=O) groups excluding carboxylic acids is 1. The predicted molar refractivity (Wildman–Crippen MR) is 123 cm³/mol. The number of hydrogen-bond acceptors (Lipinski definition) is 3. The van der Waals surface area contributed by atoms with Crippen molar-refractivity contribution in [1.29, 1.82) is 0 Å². The zero-order chi connectivity index (χ0) is 21.1. The number of benzene rings is 2. The molecule has 0 saturated carbocycles. The molecule has 0 aliphatic carbocycles. The Morgan fingerprint density at radius 2 is 1.61 bits per heavy atom. The standard InChI is InChI=1S/C21H27IN2O3S/c1-15(16-6-8-17(9-7-16)21(2,3)4)23-20(25)14-24(28(5,26)27)19-12-10-18(22)11-13-19/h6-13,15H,14H2,1-5H3,(H,23,25)/t15-/m0/s1.